The van der Waals surface area contributed by atoms with E-state index < -0.39 is 0 Å². The van der Waals surface area contributed by atoms with Gasteiger partial charge in [0.05, 0.1) is 19.8 Å². The number of ether oxygens (including phenoxy) is 2. The molecule has 0 radical (unpaired) electrons. The summed E-state index contributed by atoms with van der Waals surface area (Å²) in [5.41, 5.74) is 4.07. The predicted molar refractivity (Wildman–Crippen MR) is 102 cm³/mol. The maximum absolute atomic E-state index is 13.1. The summed E-state index contributed by atoms with van der Waals surface area (Å²) in [6.45, 7) is 2.03. The molecule has 8 nitrogen and oxygen atoms in total. The standard InChI is InChI=1S/C21H22N4O4/c1-27-19(13-5-3-2-4-6-13)20-22-16-11-25(9-7-17(16)29-20)21(26)18-14-12-28-10-8-15(14)23-24-18/h2-6,19H,7-12H2,1H3,(H,23,24). The molecule has 29 heavy (non-hydrogen) atoms. The number of rotatable bonds is 4. The summed E-state index contributed by atoms with van der Waals surface area (Å²) in [6.07, 6.45) is 0.994. The van der Waals surface area contributed by atoms with E-state index in [-0.39, 0.29) is 12.0 Å². The van der Waals surface area contributed by atoms with Gasteiger partial charge in [0.15, 0.2) is 11.8 Å². The molecule has 0 aliphatic carbocycles. The average Bonchev–Trinajstić information content (AvgIpc) is 3.38. The fourth-order valence-electron chi connectivity index (χ4n) is 3.95. The normalized spacial score (nSPS) is 16.9. The highest BCUT2D eigenvalue weighted by Crippen LogP contribution is 2.30. The second-order valence-electron chi connectivity index (χ2n) is 7.26. The summed E-state index contributed by atoms with van der Waals surface area (Å²) in [5, 5.41) is 7.24. The lowest BCUT2D eigenvalue weighted by atomic mass is 10.1. The van der Waals surface area contributed by atoms with Gasteiger partial charge >= 0.3 is 0 Å². The second kappa shape index (κ2) is 7.46. The zero-order chi connectivity index (χ0) is 19.8. The van der Waals surface area contributed by atoms with Crippen LogP contribution in [0.15, 0.2) is 34.7 Å². The zero-order valence-corrected chi connectivity index (χ0v) is 16.2. The molecule has 1 aromatic carbocycles. The van der Waals surface area contributed by atoms with Crippen molar-refractivity contribution in [3.63, 3.8) is 0 Å². The van der Waals surface area contributed by atoms with Crippen LogP contribution in [0.5, 0.6) is 0 Å². The largest absolute Gasteiger partial charge is 0.442 e. The van der Waals surface area contributed by atoms with E-state index in [0.29, 0.717) is 44.3 Å². The van der Waals surface area contributed by atoms with E-state index in [1.54, 1.807) is 12.0 Å². The fourth-order valence-corrected chi connectivity index (χ4v) is 3.95. The smallest absolute Gasteiger partial charge is 0.275 e. The molecule has 1 amide bonds. The van der Waals surface area contributed by atoms with Crippen LogP contribution >= 0.6 is 0 Å². The van der Waals surface area contributed by atoms with Crippen LogP contribution in [0.4, 0.5) is 0 Å². The topological polar surface area (TPSA) is 93.5 Å². The molecule has 0 spiro atoms. The molecule has 0 saturated carbocycles. The van der Waals surface area contributed by atoms with Crippen molar-refractivity contribution < 1.29 is 18.7 Å². The predicted octanol–water partition coefficient (Wildman–Crippen LogP) is 2.40. The van der Waals surface area contributed by atoms with Crippen LogP contribution < -0.4 is 0 Å². The number of hydrogen-bond donors (Lipinski definition) is 1. The molecule has 8 heteroatoms. The Morgan fingerprint density at radius 1 is 1.28 bits per heavy atom. The number of methoxy groups -OCH3 is 1. The highest BCUT2D eigenvalue weighted by atomic mass is 16.5. The van der Waals surface area contributed by atoms with Crippen molar-refractivity contribution in [2.45, 2.75) is 32.1 Å². The van der Waals surface area contributed by atoms with Gasteiger partial charge in [0.1, 0.15) is 11.5 Å². The van der Waals surface area contributed by atoms with Crippen molar-refractivity contribution in [3.8, 4) is 0 Å². The van der Waals surface area contributed by atoms with Crippen molar-refractivity contribution >= 4 is 5.91 Å². The molecule has 2 aliphatic heterocycles. The minimum absolute atomic E-state index is 0.102. The number of carbonyl (C=O) groups excluding carboxylic acids is 1. The molecule has 150 valence electrons. The van der Waals surface area contributed by atoms with E-state index in [1.165, 1.54) is 0 Å². The maximum Gasteiger partial charge on any atom is 0.275 e. The van der Waals surface area contributed by atoms with E-state index in [9.17, 15) is 4.79 Å². The summed E-state index contributed by atoms with van der Waals surface area (Å²) in [6, 6.07) is 9.84. The third-order valence-corrected chi connectivity index (χ3v) is 5.49. The van der Waals surface area contributed by atoms with Gasteiger partial charge in [-0.3, -0.25) is 9.89 Å². The van der Waals surface area contributed by atoms with Crippen molar-refractivity contribution in [1.29, 1.82) is 0 Å². The van der Waals surface area contributed by atoms with Crippen LogP contribution in [-0.4, -0.2) is 46.2 Å². The lowest BCUT2D eigenvalue weighted by Gasteiger charge is -2.25. The number of aromatic nitrogens is 3. The number of fused-ring (bicyclic) bond motifs is 2. The Kier molecular flexibility index (Phi) is 4.65. The molecule has 3 aromatic rings. The molecule has 1 atom stereocenters. The Labute approximate surface area is 167 Å². The summed E-state index contributed by atoms with van der Waals surface area (Å²) in [4.78, 5) is 19.5. The molecular weight excluding hydrogens is 372 g/mol. The molecule has 5 rings (SSSR count). The summed E-state index contributed by atoms with van der Waals surface area (Å²) in [5.74, 6) is 1.23. The molecule has 4 heterocycles. The molecule has 0 saturated heterocycles. The van der Waals surface area contributed by atoms with Crippen LogP contribution in [-0.2, 0) is 35.5 Å². The molecule has 2 aliphatic rings. The average molecular weight is 394 g/mol. The number of amides is 1. The lowest BCUT2D eigenvalue weighted by Crippen LogP contribution is -2.36. The third-order valence-electron chi connectivity index (χ3n) is 5.49. The lowest BCUT2D eigenvalue weighted by molar-refractivity contribution is 0.0708. The first kappa shape index (κ1) is 18.1. The van der Waals surface area contributed by atoms with Gasteiger partial charge in [-0.15, -0.1) is 0 Å². The summed E-state index contributed by atoms with van der Waals surface area (Å²) < 4.78 is 17.1. The quantitative estimate of drug-likeness (QED) is 0.730. The second-order valence-corrected chi connectivity index (χ2v) is 7.26. The first-order valence-corrected chi connectivity index (χ1v) is 9.74. The Bertz CT molecular complexity index is 1030. The number of nitrogens with zero attached hydrogens (tertiary/aromatic N) is 3. The van der Waals surface area contributed by atoms with Crippen LogP contribution in [0.1, 0.15) is 50.8 Å². The van der Waals surface area contributed by atoms with E-state index in [4.69, 9.17) is 13.9 Å². The minimum atomic E-state index is -0.374. The van der Waals surface area contributed by atoms with Crippen LogP contribution in [0.3, 0.4) is 0 Å². The van der Waals surface area contributed by atoms with Gasteiger partial charge in [-0.1, -0.05) is 30.3 Å². The number of oxazole rings is 1. The highest BCUT2D eigenvalue weighted by Gasteiger charge is 2.31. The summed E-state index contributed by atoms with van der Waals surface area (Å²) in [7, 11) is 1.64. The summed E-state index contributed by atoms with van der Waals surface area (Å²) >= 11 is 0. The Morgan fingerprint density at radius 2 is 2.14 bits per heavy atom. The number of hydrogen-bond acceptors (Lipinski definition) is 6. The number of H-pyrrole nitrogens is 1. The minimum Gasteiger partial charge on any atom is -0.442 e. The molecule has 1 N–H and O–H groups in total. The number of nitrogens with one attached hydrogen (secondary N) is 1. The van der Waals surface area contributed by atoms with Gasteiger partial charge in [0, 0.05) is 37.8 Å². The van der Waals surface area contributed by atoms with Crippen LogP contribution in [0.2, 0.25) is 0 Å². The van der Waals surface area contributed by atoms with E-state index >= 15 is 0 Å². The van der Waals surface area contributed by atoms with Crippen LogP contribution in [0.25, 0.3) is 0 Å². The molecule has 0 bridgehead atoms. The Hall–Kier alpha value is -2.97. The van der Waals surface area contributed by atoms with Gasteiger partial charge in [0.2, 0.25) is 5.89 Å². The Balaban J connectivity index is 1.37. The van der Waals surface area contributed by atoms with E-state index in [1.807, 2.05) is 30.3 Å². The van der Waals surface area contributed by atoms with Gasteiger partial charge < -0.3 is 18.8 Å². The number of benzene rings is 1. The van der Waals surface area contributed by atoms with Gasteiger partial charge in [0.25, 0.3) is 5.91 Å². The monoisotopic (exact) mass is 394 g/mol. The number of carbonyl (C=O) groups is 1. The van der Waals surface area contributed by atoms with E-state index in [0.717, 1.165) is 34.7 Å². The SMILES string of the molecule is COC(c1ccccc1)c1nc2c(o1)CCN(C(=O)c1n[nH]c3c1COCC3)C2. The van der Waals surface area contributed by atoms with Crippen LogP contribution in [0, 0.1) is 0 Å². The van der Waals surface area contributed by atoms with Gasteiger partial charge in [-0.05, 0) is 5.56 Å². The Morgan fingerprint density at radius 3 is 2.97 bits per heavy atom. The first-order chi connectivity index (χ1) is 14.2. The molecule has 2 aromatic heterocycles. The van der Waals surface area contributed by atoms with Crippen molar-refractivity contribution in [2.75, 3.05) is 20.3 Å². The van der Waals surface area contributed by atoms with Gasteiger partial charge in [-0.2, -0.15) is 5.10 Å². The van der Waals surface area contributed by atoms with E-state index in [2.05, 4.69) is 15.2 Å². The zero-order valence-electron chi connectivity index (χ0n) is 16.2. The molecule has 1 unspecified atom stereocenters. The fraction of sp³-hybridized carbons (Fsp3) is 0.381. The first-order valence-electron chi connectivity index (χ1n) is 9.74. The van der Waals surface area contributed by atoms with Crippen molar-refractivity contribution in [2.24, 2.45) is 0 Å². The molecule has 0 fully saturated rings. The van der Waals surface area contributed by atoms with Crippen molar-refractivity contribution in [1.82, 2.24) is 20.1 Å². The third kappa shape index (κ3) is 3.24. The number of aromatic amines is 1. The van der Waals surface area contributed by atoms with Gasteiger partial charge in [-0.25, -0.2) is 4.98 Å². The van der Waals surface area contributed by atoms with Crippen molar-refractivity contribution in [3.05, 3.63) is 70.2 Å². The maximum atomic E-state index is 13.1. The molecular formula is C21H22N4O4. The highest BCUT2D eigenvalue weighted by molar-refractivity contribution is 5.94.